The zero-order valence-corrected chi connectivity index (χ0v) is 8.76. The summed E-state index contributed by atoms with van der Waals surface area (Å²) < 4.78 is 0. The van der Waals surface area contributed by atoms with Crippen molar-refractivity contribution in [2.75, 3.05) is 0 Å². The van der Waals surface area contributed by atoms with Gasteiger partial charge in [-0.05, 0) is 36.5 Å². The topological polar surface area (TPSA) is 0 Å². The van der Waals surface area contributed by atoms with Crippen LogP contribution in [0.2, 0.25) is 0 Å². The molecule has 3 rings (SSSR count). The lowest BCUT2D eigenvalue weighted by Crippen LogP contribution is -1.68. The lowest BCUT2D eigenvalue weighted by atomic mass is 10.2. The van der Waals surface area contributed by atoms with Gasteiger partial charge in [-0.1, -0.05) is 30.3 Å². The second-order valence-electron chi connectivity index (χ2n) is 3.84. The van der Waals surface area contributed by atoms with Gasteiger partial charge in [-0.3, -0.25) is 0 Å². The molecule has 1 heterocycles. The van der Waals surface area contributed by atoms with Crippen molar-refractivity contribution in [1.29, 1.82) is 0 Å². The van der Waals surface area contributed by atoms with Gasteiger partial charge in [-0.15, -0.1) is 11.3 Å². The molecule has 1 aliphatic carbocycles. The van der Waals surface area contributed by atoms with E-state index in [9.17, 15) is 0 Å². The van der Waals surface area contributed by atoms with Gasteiger partial charge >= 0.3 is 0 Å². The normalized spacial score (nSPS) is 15.7. The molecule has 0 nitrogen and oxygen atoms in total. The van der Waals surface area contributed by atoms with Crippen LogP contribution in [0.25, 0.3) is 10.4 Å². The van der Waals surface area contributed by atoms with Crippen molar-refractivity contribution in [3.05, 3.63) is 47.3 Å². The molecule has 14 heavy (non-hydrogen) atoms. The van der Waals surface area contributed by atoms with Crippen LogP contribution in [-0.2, 0) is 0 Å². The number of hydrogen-bond acceptors (Lipinski definition) is 1. The molecule has 0 spiro atoms. The zero-order valence-electron chi connectivity index (χ0n) is 7.94. The van der Waals surface area contributed by atoms with Crippen LogP contribution in [0.5, 0.6) is 0 Å². The average molecular weight is 200 g/mol. The molecule has 1 saturated carbocycles. The maximum atomic E-state index is 2.30. The fourth-order valence-electron chi connectivity index (χ4n) is 1.70. The largest absolute Gasteiger partial charge is 0.140 e. The van der Waals surface area contributed by atoms with Crippen molar-refractivity contribution in [1.82, 2.24) is 0 Å². The molecule has 2 aromatic rings. The Morgan fingerprint density at radius 2 is 1.71 bits per heavy atom. The Morgan fingerprint density at radius 3 is 2.43 bits per heavy atom. The fourth-order valence-corrected chi connectivity index (χ4v) is 2.88. The monoisotopic (exact) mass is 200 g/mol. The minimum absolute atomic E-state index is 0.887. The predicted octanol–water partition coefficient (Wildman–Crippen LogP) is 4.29. The summed E-state index contributed by atoms with van der Waals surface area (Å²) in [5, 5.41) is 0. The quantitative estimate of drug-likeness (QED) is 0.678. The Labute approximate surface area is 88.2 Å². The van der Waals surface area contributed by atoms with Crippen LogP contribution >= 0.6 is 11.3 Å². The first-order valence-electron chi connectivity index (χ1n) is 5.08. The molecule has 0 aliphatic heterocycles. The minimum Gasteiger partial charge on any atom is -0.140 e. The average Bonchev–Trinajstić information content (AvgIpc) is 2.98. The van der Waals surface area contributed by atoms with Crippen LogP contribution in [0.15, 0.2) is 42.5 Å². The standard InChI is InChI=1S/C13H12S/c1-2-4-10(5-3-1)12-8-9-13(14-12)11-6-7-11/h1-5,8-9,11H,6-7H2. The summed E-state index contributed by atoms with van der Waals surface area (Å²) in [5.74, 6) is 0.887. The van der Waals surface area contributed by atoms with Crippen molar-refractivity contribution in [3.8, 4) is 10.4 Å². The molecule has 0 radical (unpaired) electrons. The van der Waals surface area contributed by atoms with Gasteiger partial charge in [0, 0.05) is 9.75 Å². The van der Waals surface area contributed by atoms with Crippen molar-refractivity contribution in [2.24, 2.45) is 0 Å². The summed E-state index contributed by atoms with van der Waals surface area (Å²) >= 11 is 1.96. The summed E-state index contributed by atoms with van der Waals surface area (Å²) in [7, 11) is 0. The number of benzene rings is 1. The molecule has 1 fully saturated rings. The number of hydrogen-bond donors (Lipinski definition) is 0. The molecule has 1 aromatic heterocycles. The highest BCUT2D eigenvalue weighted by molar-refractivity contribution is 7.15. The van der Waals surface area contributed by atoms with Gasteiger partial charge in [0.25, 0.3) is 0 Å². The Hall–Kier alpha value is -1.08. The molecule has 0 atom stereocenters. The van der Waals surface area contributed by atoms with Crippen LogP contribution < -0.4 is 0 Å². The Balaban J connectivity index is 1.96. The van der Waals surface area contributed by atoms with Crippen molar-refractivity contribution >= 4 is 11.3 Å². The molecule has 0 N–H and O–H groups in total. The molecule has 0 saturated heterocycles. The molecule has 1 aromatic carbocycles. The maximum Gasteiger partial charge on any atom is 0.0345 e. The summed E-state index contributed by atoms with van der Waals surface area (Å²) in [6.45, 7) is 0. The molecule has 1 heteroatoms. The van der Waals surface area contributed by atoms with Crippen molar-refractivity contribution in [3.63, 3.8) is 0 Å². The van der Waals surface area contributed by atoms with Gasteiger partial charge in [0.15, 0.2) is 0 Å². The summed E-state index contributed by atoms with van der Waals surface area (Å²) in [4.78, 5) is 2.98. The molecule has 0 amide bonds. The van der Waals surface area contributed by atoms with Crippen molar-refractivity contribution in [2.45, 2.75) is 18.8 Å². The Bertz CT molecular complexity index is 424. The van der Waals surface area contributed by atoms with Gasteiger partial charge in [-0.2, -0.15) is 0 Å². The maximum absolute atomic E-state index is 2.30. The van der Waals surface area contributed by atoms with Gasteiger partial charge in [-0.25, -0.2) is 0 Å². The lowest BCUT2D eigenvalue weighted by Gasteiger charge is -1.94. The molecule has 0 bridgehead atoms. The van der Waals surface area contributed by atoms with Gasteiger partial charge < -0.3 is 0 Å². The Morgan fingerprint density at radius 1 is 0.929 bits per heavy atom. The highest BCUT2D eigenvalue weighted by Gasteiger charge is 2.24. The third-order valence-corrected chi connectivity index (χ3v) is 3.96. The van der Waals surface area contributed by atoms with E-state index in [0.717, 1.165) is 5.92 Å². The molecular formula is C13H12S. The van der Waals surface area contributed by atoms with E-state index in [0.29, 0.717) is 0 Å². The third kappa shape index (κ3) is 1.48. The molecule has 0 unspecified atom stereocenters. The minimum atomic E-state index is 0.887. The second-order valence-corrected chi connectivity index (χ2v) is 4.96. The van der Waals surface area contributed by atoms with Crippen LogP contribution in [0, 0.1) is 0 Å². The smallest absolute Gasteiger partial charge is 0.0345 e. The van der Waals surface area contributed by atoms with E-state index in [1.165, 1.54) is 23.3 Å². The number of thiophene rings is 1. The molecule has 1 aliphatic rings. The lowest BCUT2D eigenvalue weighted by molar-refractivity contribution is 1.18. The third-order valence-electron chi connectivity index (χ3n) is 2.66. The van der Waals surface area contributed by atoms with Gasteiger partial charge in [0.1, 0.15) is 0 Å². The van der Waals surface area contributed by atoms with Crippen LogP contribution in [0.4, 0.5) is 0 Å². The second kappa shape index (κ2) is 3.25. The zero-order chi connectivity index (χ0) is 9.38. The van der Waals surface area contributed by atoms with E-state index in [1.54, 1.807) is 4.88 Å². The highest BCUT2D eigenvalue weighted by atomic mass is 32.1. The van der Waals surface area contributed by atoms with Crippen LogP contribution in [0.3, 0.4) is 0 Å². The fraction of sp³-hybridized carbons (Fsp3) is 0.231. The first-order chi connectivity index (χ1) is 6.93. The van der Waals surface area contributed by atoms with E-state index < -0.39 is 0 Å². The van der Waals surface area contributed by atoms with Gasteiger partial charge in [0.2, 0.25) is 0 Å². The van der Waals surface area contributed by atoms with E-state index in [4.69, 9.17) is 0 Å². The van der Waals surface area contributed by atoms with E-state index in [-0.39, 0.29) is 0 Å². The summed E-state index contributed by atoms with van der Waals surface area (Å²) in [6.07, 6.45) is 2.80. The van der Waals surface area contributed by atoms with E-state index in [1.807, 2.05) is 11.3 Å². The molecule has 70 valence electrons. The van der Waals surface area contributed by atoms with E-state index >= 15 is 0 Å². The summed E-state index contributed by atoms with van der Waals surface area (Å²) in [5.41, 5.74) is 1.35. The molecular weight excluding hydrogens is 188 g/mol. The van der Waals surface area contributed by atoms with E-state index in [2.05, 4.69) is 42.5 Å². The Kier molecular flexibility index (Phi) is 1.91. The van der Waals surface area contributed by atoms with Crippen LogP contribution in [-0.4, -0.2) is 0 Å². The number of rotatable bonds is 2. The first kappa shape index (κ1) is 8.25. The predicted molar refractivity (Wildman–Crippen MR) is 61.7 cm³/mol. The first-order valence-corrected chi connectivity index (χ1v) is 5.90. The van der Waals surface area contributed by atoms with Crippen molar-refractivity contribution < 1.29 is 0 Å². The van der Waals surface area contributed by atoms with Gasteiger partial charge in [0.05, 0.1) is 0 Å². The van der Waals surface area contributed by atoms with Crippen LogP contribution in [0.1, 0.15) is 23.6 Å². The highest BCUT2D eigenvalue weighted by Crippen LogP contribution is 2.44. The SMILES string of the molecule is c1ccc(-c2ccc(C3CC3)s2)cc1. The summed E-state index contributed by atoms with van der Waals surface area (Å²) in [6, 6.07) is 15.2.